The highest BCUT2D eigenvalue weighted by atomic mass is 32.2. The third-order valence-electron chi connectivity index (χ3n) is 16.4. The average Bonchev–Trinajstić information content (AvgIpc) is 3.40. The maximum atomic E-state index is 14.6. The van der Waals surface area contributed by atoms with Crippen LogP contribution in [-0.4, -0.2) is 182 Å². The number of ketones is 3. The summed E-state index contributed by atoms with van der Waals surface area (Å²) in [5, 5.41) is 42.3. The molecule has 4 heterocycles. The van der Waals surface area contributed by atoms with Crippen molar-refractivity contribution in [2.75, 3.05) is 54.2 Å². The van der Waals surface area contributed by atoms with E-state index < -0.39 is 131 Å². The van der Waals surface area contributed by atoms with E-state index in [1.54, 1.807) is 40.9 Å². The number of nitrogens with one attached hydrogen (secondary N) is 1. The number of methoxy groups -OCH3 is 3. The van der Waals surface area contributed by atoms with Crippen LogP contribution in [0, 0.1) is 41.4 Å². The predicted octanol–water partition coefficient (Wildman–Crippen LogP) is 3.67. The molecule has 77 heavy (non-hydrogen) atoms. The molecule has 0 radical (unpaired) electrons. The first kappa shape index (κ1) is 63.6. The number of ether oxygens (including phenoxy) is 6. The number of hydrogen-bond acceptors (Lipinski definition) is 18. The van der Waals surface area contributed by atoms with Crippen molar-refractivity contribution in [2.24, 2.45) is 41.4 Å². The molecule has 22 heteroatoms. The third kappa shape index (κ3) is 16.0. The fraction of sp³-hybridized carbons (Fsp3) is 0.745. The fourth-order valence-electron chi connectivity index (χ4n) is 11.9. The smallest absolute Gasteiger partial charge is 0.422 e. The van der Waals surface area contributed by atoms with Gasteiger partial charge in [-0.25, -0.2) is 14.3 Å². The van der Waals surface area contributed by atoms with Crippen LogP contribution in [0.4, 0.5) is 4.79 Å². The molecule has 1 aliphatic carbocycles. The van der Waals surface area contributed by atoms with E-state index >= 15 is 0 Å². The van der Waals surface area contributed by atoms with E-state index in [0.29, 0.717) is 54.8 Å². The molecule has 5 rings (SSSR count). The van der Waals surface area contributed by atoms with Crippen molar-refractivity contribution in [1.29, 1.82) is 0 Å². The zero-order valence-electron chi connectivity index (χ0n) is 46.2. The first-order valence-corrected chi connectivity index (χ1v) is 28.6. The van der Waals surface area contributed by atoms with Gasteiger partial charge in [0.15, 0.2) is 5.78 Å². The highest BCUT2D eigenvalue weighted by Gasteiger charge is 2.57. The number of rotatable bonds is 12. The number of hydrogen-bond donors (Lipinski definition) is 5. The molecule has 1 unspecified atom stereocenters. The van der Waals surface area contributed by atoms with Crippen LogP contribution in [0.1, 0.15) is 112 Å². The zero-order valence-corrected chi connectivity index (χ0v) is 47.1. The molecule has 16 atom stereocenters. The molecule has 5 N–H and O–H groups in total. The maximum absolute atomic E-state index is 14.6. The van der Waals surface area contributed by atoms with Crippen LogP contribution in [0.2, 0.25) is 0 Å². The first-order valence-electron chi connectivity index (χ1n) is 27.1. The maximum Gasteiger partial charge on any atom is 0.422 e. The van der Waals surface area contributed by atoms with Gasteiger partial charge < -0.3 is 53.7 Å². The van der Waals surface area contributed by atoms with E-state index in [1.165, 1.54) is 19.1 Å². The number of esters is 1. The quantitative estimate of drug-likeness (QED) is 0.106. The Morgan fingerprint density at radius 3 is 2.22 bits per heavy atom. The van der Waals surface area contributed by atoms with Gasteiger partial charge in [0, 0.05) is 77.5 Å². The number of amides is 2. The topological polar surface area (TPSA) is 291 Å². The minimum absolute atomic E-state index is 0.000670. The number of carbonyl (C=O) groups is 6. The lowest BCUT2D eigenvalue weighted by molar-refractivity contribution is -0.266. The first-order chi connectivity index (χ1) is 36.4. The van der Waals surface area contributed by atoms with Crippen LogP contribution in [-0.2, 0) is 62.6 Å². The molecule has 0 spiro atoms. The molecule has 4 aliphatic heterocycles. The Labute approximate surface area is 453 Å². The van der Waals surface area contributed by atoms with Crippen molar-refractivity contribution in [3.63, 3.8) is 0 Å². The summed E-state index contributed by atoms with van der Waals surface area (Å²) in [5.74, 6) is -9.80. The molecule has 1 saturated carbocycles. The van der Waals surface area contributed by atoms with E-state index in [4.69, 9.17) is 28.4 Å². The number of allylic oxidation sites excluding steroid dienone is 6. The summed E-state index contributed by atoms with van der Waals surface area (Å²) in [4.78, 5) is 85.9. The number of piperidine rings is 1. The number of carbonyl (C=O) groups excluding carboxylic acids is 6. The Morgan fingerprint density at radius 1 is 0.870 bits per heavy atom. The van der Waals surface area contributed by atoms with Crippen LogP contribution in [0.3, 0.4) is 0 Å². The summed E-state index contributed by atoms with van der Waals surface area (Å²) in [6, 6.07) is -1.26. The van der Waals surface area contributed by atoms with Crippen molar-refractivity contribution in [2.45, 2.75) is 167 Å². The lowest BCUT2D eigenvalue weighted by atomic mass is 9.68. The predicted molar refractivity (Wildman–Crippen MR) is 280 cm³/mol. The van der Waals surface area contributed by atoms with Crippen molar-refractivity contribution < 1.29 is 86.0 Å². The van der Waals surface area contributed by atoms with Gasteiger partial charge in [-0.15, -0.1) is 0 Å². The second-order valence-corrected chi connectivity index (χ2v) is 23.5. The molecular weight excluding hydrogens is 1020 g/mol. The minimum Gasteiger partial charge on any atom is -0.460 e. The number of fused-ring (bicyclic) bond motifs is 3. The van der Waals surface area contributed by atoms with Gasteiger partial charge in [-0.05, 0) is 101 Å². The molecule has 2 amide bonds. The standard InChI is InChI=1S/C55H85N3O18S/c1-32-14-11-10-12-15-33(2)44(71-7)30-39-19-17-37(6)55(68,76-39)51(64)52(65)58-21-13-16-40-41(28-38-18-20-43(46(29-38)72-8)75-54(67)56-77(69,70)57(22-24-59)23-25-60)45(74-53(66)47(40)58)31-42(61)34(3)27-36(5)49(63)50(73-9)48(62)35(4)26-32/h10-12,14-15,27,32,34-35,37-41,43-47,49-50,59-60,63,68H,13,16-26,28-31H2,1-9H3,(H,56,67)/b12-10+,14-11+,33-15+,36-27+/t32-,34-,35-,37-,38+,39+,40?,41+,43-,44+,45+,46-,47+,49-,50+,55-/m1/s1. The largest absolute Gasteiger partial charge is 0.460 e. The van der Waals surface area contributed by atoms with E-state index in [2.05, 4.69) is 0 Å². The van der Waals surface area contributed by atoms with E-state index in [0.717, 1.165) is 5.57 Å². The zero-order chi connectivity index (χ0) is 56.9. The minimum atomic E-state index is -4.49. The van der Waals surface area contributed by atoms with Crippen LogP contribution in [0.5, 0.6) is 0 Å². The molecule has 21 nitrogen and oxygen atoms in total. The van der Waals surface area contributed by atoms with Crippen molar-refractivity contribution in [1.82, 2.24) is 13.9 Å². The molecule has 0 aromatic heterocycles. The Morgan fingerprint density at radius 2 is 1.57 bits per heavy atom. The van der Waals surface area contributed by atoms with Gasteiger partial charge in [0.25, 0.3) is 11.7 Å². The SMILES string of the molecule is CO[C@H]1C[C@@H]2CC[C@@H](C)[C@@](O)(O2)C(=O)C(=O)N2CCCC3[C@H]2C(=O)O[C@@H](CC(=O)[C@H](C)/C=C(\C)[C@@H](O)[C@@H](OC)C(=O)[C@H](C)C[C@H](C)/C=C/C=C/C=C/1C)[C@H]3C[C@@H]1CC[C@@H](OC(=O)NS(=O)(=O)N(CCO)CCO)[C@H](OC)C1. The van der Waals surface area contributed by atoms with E-state index in [-0.39, 0.29) is 68.7 Å². The molecule has 4 fully saturated rings. The molecule has 434 valence electrons. The third-order valence-corrected chi connectivity index (χ3v) is 17.9. The molecule has 3 saturated heterocycles. The van der Waals surface area contributed by atoms with Gasteiger partial charge in [-0.2, -0.15) is 12.7 Å². The van der Waals surface area contributed by atoms with Gasteiger partial charge >= 0.3 is 22.3 Å². The summed E-state index contributed by atoms with van der Waals surface area (Å²) < 4.78 is 63.5. The fourth-order valence-corrected chi connectivity index (χ4v) is 13.0. The van der Waals surface area contributed by atoms with Crippen molar-refractivity contribution >= 4 is 45.5 Å². The van der Waals surface area contributed by atoms with E-state index in [9.17, 15) is 57.6 Å². The Hall–Kier alpha value is -4.23. The van der Waals surface area contributed by atoms with Crippen molar-refractivity contribution in [3.8, 4) is 0 Å². The normalized spacial score (nSPS) is 38.0. The lowest BCUT2D eigenvalue weighted by Gasteiger charge is -2.50. The van der Waals surface area contributed by atoms with Crippen molar-refractivity contribution in [3.05, 3.63) is 47.6 Å². The number of Topliss-reactive ketones (excluding diaryl/α,β-unsaturated/α-hetero) is 3. The monoisotopic (exact) mass is 1110 g/mol. The molecule has 6 bridgehead atoms. The van der Waals surface area contributed by atoms with Gasteiger partial charge in [0.05, 0.1) is 31.5 Å². The number of nitrogens with zero attached hydrogens (tertiary/aromatic N) is 2. The Balaban J connectivity index is 1.48. The molecule has 0 aromatic carbocycles. The summed E-state index contributed by atoms with van der Waals surface area (Å²) >= 11 is 0. The van der Waals surface area contributed by atoms with Gasteiger partial charge in [0.1, 0.15) is 36.2 Å². The summed E-state index contributed by atoms with van der Waals surface area (Å²) in [6.45, 7) is 8.66. The van der Waals surface area contributed by atoms with Crippen LogP contribution in [0.15, 0.2) is 47.6 Å². The second-order valence-electron chi connectivity index (χ2n) is 21.8. The molecule has 5 aliphatic rings. The van der Waals surface area contributed by atoms with Gasteiger partial charge in [0.2, 0.25) is 5.79 Å². The summed E-state index contributed by atoms with van der Waals surface area (Å²) in [6.07, 6.45) is 6.66. The lowest BCUT2D eigenvalue weighted by Crippen LogP contribution is -2.65. The second kappa shape index (κ2) is 28.8. The van der Waals surface area contributed by atoms with Crippen LogP contribution < -0.4 is 4.72 Å². The number of aliphatic hydroxyl groups is 4. The van der Waals surface area contributed by atoms with Gasteiger partial charge in [-0.1, -0.05) is 64.2 Å². The molecule has 0 aromatic rings. The highest BCUT2D eigenvalue weighted by Crippen LogP contribution is 2.46. The van der Waals surface area contributed by atoms with Crippen LogP contribution in [0.25, 0.3) is 0 Å². The molecular formula is C55H85N3O18S. The highest BCUT2D eigenvalue weighted by molar-refractivity contribution is 7.87. The summed E-state index contributed by atoms with van der Waals surface area (Å²) in [7, 11) is -0.181. The Kier molecular flexibility index (Phi) is 23.8. The van der Waals surface area contributed by atoms with Crippen LogP contribution >= 0.6 is 0 Å². The van der Waals surface area contributed by atoms with Gasteiger partial charge in [-0.3, -0.25) is 19.2 Å². The van der Waals surface area contributed by atoms with E-state index in [1.807, 2.05) is 48.9 Å². The summed E-state index contributed by atoms with van der Waals surface area (Å²) in [5.41, 5.74) is 1.17. The Bertz CT molecular complexity index is 2300. The number of aliphatic hydroxyl groups excluding tert-OH is 3. The average molecular weight is 1110 g/mol.